The number of esters is 1. The van der Waals surface area contributed by atoms with Crippen molar-refractivity contribution < 1.29 is 52.4 Å². The standard InChI is InChI=1S/C43H65FN6O10/c1-12-32-43(8)35(50(40(55)60-43)19-14-13-18-49-23-30(46-47-49)28-16-15-17-29(45)21-28)26(4)33(51)24(2)22-41(6,56-11)37(27(5)36(53)42(7,44)39(54)58-32)59-38-34(52)31(48(9)10)20-25(3)57-38/h15-17,21,23-27,31-32,34-35,37-38,52H,12-14,18-20,22,45H2,1-11H3/t24-,25?,26+,27+,31?,32-,34?,35-,37-,38+,41-,42+,43-/m1/s1. The van der Waals surface area contributed by atoms with E-state index in [-0.39, 0.29) is 37.3 Å². The van der Waals surface area contributed by atoms with Gasteiger partial charge in [0, 0.05) is 55.2 Å². The normalized spacial score (nSPS) is 37.1. The highest BCUT2D eigenvalue weighted by molar-refractivity contribution is 6.08. The minimum atomic E-state index is -3.19. The number of nitrogen functional groups attached to an aromatic ring is 1. The Balaban J connectivity index is 1.45. The number of hydrogen-bond donors (Lipinski definition) is 2. The fourth-order valence-corrected chi connectivity index (χ4v) is 9.51. The first-order chi connectivity index (χ1) is 28.1. The number of alkyl halides is 1. The summed E-state index contributed by atoms with van der Waals surface area (Å²) in [6, 6.07) is 6.02. The van der Waals surface area contributed by atoms with Gasteiger partial charge in [-0.3, -0.25) is 14.3 Å². The quantitative estimate of drug-likeness (QED) is 0.138. The van der Waals surface area contributed by atoms with E-state index in [1.807, 2.05) is 50.3 Å². The predicted molar refractivity (Wildman–Crippen MR) is 219 cm³/mol. The Morgan fingerprint density at radius 1 is 1.05 bits per heavy atom. The van der Waals surface area contributed by atoms with Crippen molar-refractivity contribution in [3.63, 3.8) is 0 Å². The number of Topliss-reactive ketones (excluding diaryl/α,β-unsaturated/α-hetero) is 2. The lowest BCUT2D eigenvalue weighted by Crippen LogP contribution is -2.61. The van der Waals surface area contributed by atoms with E-state index in [2.05, 4.69) is 10.3 Å². The number of aromatic nitrogens is 3. The number of cyclic esters (lactones) is 1. The van der Waals surface area contributed by atoms with Crippen molar-refractivity contribution in [2.24, 2.45) is 17.8 Å². The third kappa shape index (κ3) is 9.39. The Bertz CT molecular complexity index is 1860. The molecule has 5 rings (SSSR count). The zero-order valence-corrected chi connectivity index (χ0v) is 36.9. The third-order valence-corrected chi connectivity index (χ3v) is 12.9. The summed E-state index contributed by atoms with van der Waals surface area (Å²) in [6.45, 7) is 13.1. The van der Waals surface area contributed by atoms with Crippen LogP contribution < -0.4 is 5.73 Å². The van der Waals surface area contributed by atoms with Gasteiger partial charge in [-0.2, -0.15) is 0 Å². The van der Waals surface area contributed by atoms with Crippen LogP contribution in [-0.2, 0) is 44.6 Å². The number of rotatable bonds is 11. The first-order valence-electron chi connectivity index (χ1n) is 21.0. The molecule has 4 heterocycles. The molecule has 1 aromatic carbocycles. The second kappa shape index (κ2) is 18.5. The number of halogens is 1. The SMILES string of the molecule is CC[C@H]1OC(=O)[C@@](C)(F)C(=O)[C@H](C)[C@@H](O[C@@H]2OC(C)CC(N(C)C)C2O)[C@](C)(OC)C[C@@H](C)C(=O)[C@H](C)[C@H]2N(CCCCn3cc(-c4cccc(N)c4)nn3)C(=O)O[C@]12C. The molecule has 334 valence electrons. The minimum absolute atomic E-state index is 0.0111. The summed E-state index contributed by atoms with van der Waals surface area (Å²) in [5.41, 5.74) is 1.80. The maximum absolute atomic E-state index is 16.9. The summed E-state index contributed by atoms with van der Waals surface area (Å²) in [5.74, 6) is -5.85. The van der Waals surface area contributed by atoms with Crippen LogP contribution in [0.15, 0.2) is 30.5 Å². The lowest BCUT2D eigenvalue weighted by Gasteiger charge is -2.47. The number of nitrogens with zero attached hydrogens (tertiary/aromatic N) is 5. The molecule has 1 aromatic heterocycles. The summed E-state index contributed by atoms with van der Waals surface area (Å²) in [6.07, 6.45) is -2.57. The van der Waals surface area contributed by atoms with Gasteiger partial charge >= 0.3 is 12.1 Å². The van der Waals surface area contributed by atoms with Crippen molar-refractivity contribution in [2.45, 2.75) is 154 Å². The number of amides is 1. The number of carbonyl (C=O) groups is 4. The first-order valence-corrected chi connectivity index (χ1v) is 21.0. The molecule has 3 unspecified atom stereocenters. The number of likely N-dealkylation sites (N-methyl/N-ethyl adjacent to an activating group) is 1. The number of aryl methyl sites for hydroxylation is 1. The summed E-state index contributed by atoms with van der Waals surface area (Å²) in [5, 5.41) is 19.9. The Labute approximate surface area is 352 Å². The average Bonchev–Trinajstić information content (AvgIpc) is 3.78. The van der Waals surface area contributed by atoms with Crippen LogP contribution in [-0.4, -0.2) is 141 Å². The number of nitrogens with two attached hydrogens (primary N) is 1. The number of aliphatic hydroxyl groups excluding tert-OH is 1. The molecular weight excluding hydrogens is 780 g/mol. The van der Waals surface area contributed by atoms with Gasteiger partial charge in [-0.15, -0.1) is 5.10 Å². The fraction of sp³-hybridized carbons (Fsp3) is 0.721. The van der Waals surface area contributed by atoms with Crippen LogP contribution in [0, 0.1) is 17.8 Å². The van der Waals surface area contributed by atoms with Crippen LogP contribution in [0.5, 0.6) is 0 Å². The number of aliphatic hydroxyl groups is 1. The van der Waals surface area contributed by atoms with Crippen LogP contribution in [0.2, 0.25) is 0 Å². The molecule has 0 spiro atoms. The van der Waals surface area contributed by atoms with Crippen molar-refractivity contribution >= 4 is 29.3 Å². The number of fused-ring (bicyclic) bond motifs is 1. The van der Waals surface area contributed by atoms with Crippen molar-refractivity contribution in [3.05, 3.63) is 30.5 Å². The molecule has 3 N–H and O–H groups in total. The van der Waals surface area contributed by atoms with Gasteiger partial charge < -0.3 is 44.3 Å². The van der Waals surface area contributed by atoms with Gasteiger partial charge in [0.25, 0.3) is 5.67 Å². The van der Waals surface area contributed by atoms with Gasteiger partial charge in [0.2, 0.25) is 0 Å². The topological polar surface area (TPSA) is 198 Å². The number of carbonyl (C=O) groups excluding carboxylic acids is 4. The molecule has 16 nitrogen and oxygen atoms in total. The number of unbranched alkanes of at least 4 members (excludes halogenated alkanes) is 1. The van der Waals surface area contributed by atoms with Crippen LogP contribution >= 0.6 is 0 Å². The minimum Gasteiger partial charge on any atom is -0.455 e. The van der Waals surface area contributed by atoms with Crippen molar-refractivity contribution in [3.8, 4) is 11.3 Å². The van der Waals surface area contributed by atoms with Crippen molar-refractivity contribution in [2.75, 3.05) is 33.5 Å². The number of ether oxygens (including phenoxy) is 5. The van der Waals surface area contributed by atoms with E-state index in [0.717, 1.165) is 12.5 Å². The highest BCUT2D eigenvalue weighted by atomic mass is 19.1. The average molecular weight is 845 g/mol. The molecule has 3 saturated heterocycles. The molecule has 0 radical (unpaired) electrons. The van der Waals surface area contributed by atoms with Gasteiger partial charge in [0.15, 0.2) is 17.7 Å². The van der Waals surface area contributed by atoms with E-state index < -0.39 is 83.1 Å². The Morgan fingerprint density at radius 3 is 2.37 bits per heavy atom. The molecule has 2 aromatic rings. The molecule has 3 aliphatic heterocycles. The molecule has 60 heavy (non-hydrogen) atoms. The highest BCUT2D eigenvalue weighted by Gasteiger charge is 2.61. The molecule has 3 aliphatic rings. The van der Waals surface area contributed by atoms with Crippen LogP contribution in [0.4, 0.5) is 14.9 Å². The Kier molecular flexibility index (Phi) is 14.5. The highest BCUT2D eigenvalue weighted by Crippen LogP contribution is 2.44. The summed E-state index contributed by atoms with van der Waals surface area (Å²) in [4.78, 5) is 60.1. The van der Waals surface area contributed by atoms with Crippen LogP contribution in [0.25, 0.3) is 11.3 Å². The Morgan fingerprint density at radius 2 is 1.73 bits per heavy atom. The zero-order chi connectivity index (χ0) is 44.5. The van der Waals surface area contributed by atoms with Crippen molar-refractivity contribution in [1.82, 2.24) is 24.8 Å². The molecule has 0 saturated carbocycles. The largest absolute Gasteiger partial charge is 0.455 e. The first kappa shape index (κ1) is 47.0. The summed E-state index contributed by atoms with van der Waals surface area (Å²) in [7, 11) is 5.04. The van der Waals surface area contributed by atoms with E-state index in [1.165, 1.54) is 18.9 Å². The molecule has 3 fully saturated rings. The number of ketones is 2. The van der Waals surface area contributed by atoms with E-state index in [9.17, 15) is 24.3 Å². The second-order valence-electron chi connectivity index (χ2n) is 17.8. The maximum atomic E-state index is 16.9. The zero-order valence-electron chi connectivity index (χ0n) is 36.9. The van der Waals surface area contributed by atoms with Gasteiger partial charge in [-0.25, -0.2) is 14.0 Å². The van der Waals surface area contributed by atoms with Gasteiger partial charge in [-0.05, 0) is 86.0 Å². The third-order valence-electron chi connectivity index (χ3n) is 12.9. The lowest BCUT2D eigenvalue weighted by atomic mass is 9.73. The number of benzene rings is 1. The van der Waals surface area contributed by atoms with E-state index in [0.29, 0.717) is 37.2 Å². The molecule has 0 aliphatic carbocycles. The summed E-state index contributed by atoms with van der Waals surface area (Å²) < 4.78 is 49.2. The number of anilines is 1. The van der Waals surface area contributed by atoms with E-state index in [1.54, 1.807) is 45.4 Å². The molecule has 1 amide bonds. The maximum Gasteiger partial charge on any atom is 0.410 e. The molecule has 0 bridgehead atoms. The fourth-order valence-electron chi connectivity index (χ4n) is 9.51. The predicted octanol–water partition coefficient (Wildman–Crippen LogP) is 4.60. The van der Waals surface area contributed by atoms with Gasteiger partial charge in [-0.1, -0.05) is 45.0 Å². The Hall–Kier alpha value is -4.03. The number of methoxy groups -OCH3 is 1. The number of hydrogen-bond acceptors (Lipinski definition) is 14. The molecule has 13 atom stereocenters. The monoisotopic (exact) mass is 844 g/mol. The van der Waals surface area contributed by atoms with Crippen LogP contribution in [0.3, 0.4) is 0 Å². The van der Waals surface area contributed by atoms with Gasteiger partial charge in [0.05, 0.1) is 30.0 Å². The van der Waals surface area contributed by atoms with Crippen molar-refractivity contribution in [1.29, 1.82) is 0 Å². The smallest absolute Gasteiger partial charge is 0.410 e. The molecule has 17 heteroatoms. The second-order valence-corrected chi connectivity index (χ2v) is 17.8. The van der Waals surface area contributed by atoms with Gasteiger partial charge in [0.1, 0.15) is 23.7 Å². The van der Waals surface area contributed by atoms with E-state index in [4.69, 9.17) is 29.4 Å². The summed E-state index contributed by atoms with van der Waals surface area (Å²) >= 11 is 0. The van der Waals surface area contributed by atoms with E-state index >= 15 is 4.39 Å². The lowest BCUT2D eigenvalue weighted by molar-refractivity contribution is -0.295. The van der Waals surface area contributed by atoms with Crippen LogP contribution in [0.1, 0.15) is 87.5 Å². The molecular formula is C43H65FN6O10.